The van der Waals surface area contributed by atoms with Crippen molar-refractivity contribution in [2.24, 2.45) is 11.7 Å². The quantitative estimate of drug-likeness (QED) is 0.876. The van der Waals surface area contributed by atoms with E-state index in [1.54, 1.807) is 0 Å². The zero-order chi connectivity index (χ0) is 13.8. The second-order valence-electron chi connectivity index (χ2n) is 5.05. The van der Waals surface area contributed by atoms with E-state index in [9.17, 15) is 4.79 Å². The van der Waals surface area contributed by atoms with Gasteiger partial charge in [0, 0.05) is 17.1 Å². The largest absolute Gasteiger partial charge is 0.379 e. The Kier molecular flexibility index (Phi) is 4.80. The Morgan fingerprint density at radius 1 is 1.47 bits per heavy atom. The van der Waals surface area contributed by atoms with E-state index in [1.807, 2.05) is 31.2 Å². The number of carbonyl (C=O) groups excluding carboxylic acids is 1. The van der Waals surface area contributed by atoms with Crippen LogP contribution in [0.3, 0.4) is 0 Å². The van der Waals surface area contributed by atoms with Crippen molar-refractivity contribution < 1.29 is 9.53 Å². The van der Waals surface area contributed by atoms with E-state index in [4.69, 9.17) is 22.1 Å². The first-order valence-electron chi connectivity index (χ1n) is 6.44. The summed E-state index contributed by atoms with van der Waals surface area (Å²) in [4.78, 5) is 12.0. The third-order valence-corrected chi connectivity index (χ3v) is 3.56. The molecule has 1 aromatic carbocycles. The SMILES string of the molecule is CC(Cc1ccc(Cl)cc1)NC(=O)C1COCC1N. The lowest BCUT2D eigenvalue weighted by atomic mass is 10.0. The molecule has 0 radical (unpaired) electrons. The smallest absolute Gasteiger partial charge is 0.227 e. The van der Waals surface area contributed by atoms with E-state index in [0.29, 0.717) is 13.2 Å². The van der Waals surface area contributed by atoms with Crippen LogP contribution in [0.2, 0.25) is 5.02 Å². The fraction of sp³-hybridized carbons (Fsp3) is 0.500. The van der Waals surface area contributed by atoms with Crippen molar-refractivity contribution in [2.45, 2.75) is 25.4 Å². The molecule has 3 atom stereocenters. The molecule has 0 spiro atoms. The second kappa shape index (κ2) is 6.37. The lowest BCUT2D eigenvalue weighted by Gasteiger charge is -2.18. The van der Waals surface area contributed by atoms with Crippen LogP contribution in [0.25, 0.3) is 0 Å². The molecule has 1 saturated heterocycles. The summed E-state index contributed by atoms with van der Waals surface area (Å²) in [6.45, 7) is 2.86. The van der Waals surface area contributed by atoms with Crippen LogP contribution in [0.4, 0.5) is 0 Å². The molecule has 2 rings (SSSR count). The van der Waals surface area contributed by atoms with Crippen LogP contribution >= 0.6 is 11.6 Å². The molecule has 0 aromatic heterocycles. The minimum absolute atomic E-state index is 0.0218. The van der Waals surface area contributed by atoms with E-state index in [2.05, 4.69) is 5.32 Å². The highest BCUT2D eigenvalue weighted by Gasteiger charge is 2.31. The Bertz CT molecular complexity index is 436. The summed E-state index contributed by atoms with van der Waals surface area (Å²) in [5.41, 5.74) is 6.97. The first-order valence-corrected chi connectivity index (χ1v) is 6.82. The van der Waals surface area contributed by atoms with Gasteiger partial charge in [0.25, 0.3) is 0 Å². The summed E-state index contributed by atoms with van der Waals surface area (Å²) < 4.78 is 5.20. The lowest BCUT2D eigenvalue weighted by Crippen LogP contribution is -2.44. The Morgan fingerprint density at radius 2 is 2.16 bits per heavy atom. The monoisotopic (exact) mass is 282 g/mol. The number of rotatable bonds is 4. The summed E-state index contributed by atoms with van der Waals surface area (Å²) in [6, 6.07) is 7.51. The van der Waals surface area contributed by atoms with Gasteiger partial charge in [0.05, 0.1) is 19.1 Å². The van der Waals surface area contributed by atoms with Crippen LogP contribution in [-0.4, -0.2) is 31.2 Å². The minimum Gasteiger partial charge on any atom is -0.379 e. The van der Waals surface area contributed by atoms with Gasteiger partial charge in [0.15, 0.2) is 0 Å². The molecule has 4 nitrogen and oxygen atoms in total. The van der Waals surface area contributed by atoms with E-state index < -0.39 is 0 Å². The van der Waals surface area contributed by atoms with Crippen LogP contribution in [-0.2, 0) is 16.0 Å². The fourth-order valence-electron chi connectivity index (χ4n) is 2.22. The predicted octanol–water partition coefficient (Wildman–Crippen LogP) is 1.36. The molecule has 3 unspecified atom stereocenters. The molecule has 1 amide bonds. The van der Waals surface area contributed by atoms with E-state index >= 15 is 0 Å². The number of amides is 1. The number of nitrogens with two attached hydrogens (primary N) is 1. The molecule has 19 heavy (non-hydrogen) atoms. The maximum Gasteiger partial charge on any atom is 0.227 e. The van der Waals surface area contributed by atoms with Gasteiger partial charge >= 0.3 is 0 Å². The van der Waals surface area contributed by atoms with Gasteiger partial charge in [-0.1, -0.05) is 23.7 Å². The number of ether oxygens (including phenoxy) is 1. The van der Waals surface area contributed by atoms with E-state index in [1.165, 1.54) is 0 Å². The zero-order valence-corrected chi connectivity index (χ0v) is 11.7. The summed E-state index contributed by atoms with van der Waals surface area (Å²) >= 11 is 5.84. The van der Waals surface area contributed by atoms with Crippen LogP contribution in [0, 0.1) is 5.92 Å². The maximum atomic E-state index is 12.0. The molecular formula is C14H19ClN2O2. The molecule has 5 heteroatoms. The molecule has 1 aromatic rings. The van der Waals surface area contributed by atoms with Crippen molar-refractivity contribution in [2.75, 3.05) is 13.2 Å². The molecule has 0 bridgehead atoms. The second-order valence-corrected chi connectivity index (χ2v) is 5.48. The Hall–Kier alpha value is -1.10. The Balaban J connectivity index is 1.85. The highest BCUT2D eigenvalue weighted by Crippen LogP contribution is 2.13. The average Bonchev–Trinajstić information content (AvgIpc) is 2.78. The summed E-state index contributed by atoms with van der Waals surface area (Å²) in [6.07, 6.45) is 0.770. The first-order chi connectivity index (χ1) is 9.06. The topological polar surface area (TPSA) is 64.3 Å². The Labute approximate surface area is 118 Å². The zero-order valence-electron chi connectivity index (χ0n) is 10.9. The van der Waals surface area contributed by atoms with Crippen LogP contribution in [0.1, 0.15) is 12.5 Å². The van der Waals surface area contributed by atoms with Gasteiger partial charge in [-0.25, -0.2) is 0 Å². The van der Waals surface area contributed by atoms with Crippen molar-refractivity contribution in [3.05, 3.63) is 34.9 Å². The van der Waals surface area contributed by atoms with E-state index in [0.717, 1.165) is 17.0 Å². The molecular weight excluding hydrogens is 264 g/mol. The summed E-state index contributed by atoms with van der Waals surface area (Å²) in [7, 11) is 0. The van der Waals surface area contributed by atoms with Gasteiger partial charge in [-0.3, -0.25) is 4.79 Å². The Morgan fingerprint density at radius 3 is 2.74 bits per heavy atom. The number of hydrogen-bond donors (Lipinski definition) is 2. The van der Waals surface area contributed by atoms with Crippen molar-refractivity contribution in [1.82, 2.24) is 5.32 Å². The van der Waals surface area contributed by atoms with Crippen LogP contribution in [0.5, 0.6) is 0 Å². The van der Waals surface area contributed by atoms with Gasteiger partial charge in [-0.15, -0.1) is 0 Å². The first kappa shape index (κ1) is 14.3. The van der Waals surface area contributed by atoms with Crippen molar-refractivity contribution in [3.63, 3.8) is 0 Å². The maximum absolute atomic E-state index is 12.0. The van der Waals surface area contributed by atoms with Crippen LogP contribution < -0.4 is 11.1 Å². The standard InChI is InChI=1S/C14H19ClN2O2/c1-9(6-10-2-4-11(15)5-3-10)17-14(18)12-7-19-8-13(12)16/h2-5,9,12-13H,6-8,16H2,1H3,(H,17,18). The lowest BCUT2D eigenvalue weighted by molar-refractivity contribution is -0.125. The minimum atomic E-state index is -0.229. The predicted molar refractivity (Wildman–Crippen MR) is 75.0 cm³/mol. The van der Waals surface area contributed by atoms with Crippen LogP contribution in [0.15, 0.2) is 24.3 Å². The van der Waals surface area contributed by atoms with Crippen molar-refractivity contribution in [3.8, 4) is 0 Å². The molecule has 1 fully saturated rings. The van der Waals surface area contributed by atoms with Gasteiger partial charge in [-0.05, 0) is 31.0 Å². The number of nitrogens with one attached hydrogen (secondary N) is 1. The van der Waals surface area contributed by atoms with Gasteiger partial charge in [0.2, 0.25) is 5.91 Å². The number of benzene rings is 1. The number of halogens is 1. The molecule has 3 N–H and O–H groups in total. The van der Waals surface area contributed by atoms with Crippen molar-refractivity contribution in [1.29, 1.82) is 0 Å². The van der Waals surface area contributed by atoms with Crippen molar-refractivity contribution >= 4 is 17.5 Å². The number of hydrogen-bond acceptors (Lipinski definition) is 3. The van der Waals surface area contributed by atoms with E-state index in [-0.39, 0.29) is 23.9 Å². The molecule has 0 saturated carbocycles. The third kappa shape index (κ3) is 3.93. The van der Waals surface area contributed by atoms with Gasteiger partial charge in [0.1, 0.15) is 0 Å². The highest BCUT2D eigenvalue weighted by molar-refractivity contribution is 6.30. The molecule has 1 aliphatic rings. The van der Waals surface area contributed by atoms with Gasteiger partial charge < -0.3 is 15.8 Å². The number of carbonyl (C=O) groups is 1. The highest BCUT2D eigenvalue weighted by atomic mass is 35.5. The molecule has 1 aliphatic heterocycles. The molecule has 0 aliphatic carbocycles. The fourth-order valence-corrected chi connectivity index (χ4v) is 2.34. The third-order valence-electron chi connectivity index (χ3n) is 3.31. The summed E-state index contributed by atoms with van der Waals surface area (Å²) in [5.74, 6) is -0.251. The molecule has 104 valence electrons. The average molecular weight is 283 g/mol. The normalized spacial score (nSPS) is 24.2. The molecule has 1 heterocycles. The van der Waals surface area contributed by atoms with Gasteiger partial charge in [-0.2, -0.15) is 0 Å². The summed E-state index contributed by atoms with van der Waals surface area (Å²) in [5, 5.41) is 3.70.